The minimum absolute atomic E-state index is 0. The highest BCUT2D eigenvalue weighted by molar-refractivity contribution is 5.88. The van der Waals surface area contributed by atoms with Crippen LogP contribution in [-0.2, 0) is 4.79 Å². The SMILES string of the molecule is CC(CN)N(C)C(=O)CCCOc1cccc2ccccc12.Cl. The number of likely N-dealkylation sites (N-methyl/N-ethyl adjacent to an activating group) is 1. The summed E-state index contributed by atoms with van der Waals surface area (Å²) in [5, 5.41) is 2.26. The fourth-order valence-electron chi connectivity index (χ4n) is 2.31. The molecule has 0 saturated heterocycles. The number of carbonyl (C=O) groups excluding carboxylic acids is 1. The van der Waals surface area contributed by atoms with E-state index in [0.29, 0.717) is 26.0 Å². The normalized spacial score (nSPS) is 11.6. The molecular weight excluding hydrogens is 312 g/mol. The van der Waals surface area contributed by atoms with Crippen molar-refractivity contribution < 1.29 is 9.53 Å². The average Bonchev–Trinajstić information content (AvgIpc) is 2.57. The molecule has 0 aliphatic carbocycles. The topological polar surface area (TPSA) is 55.6 Å². The van der Waals surface area contributed by atoms with Crippen molar-refractivity contribution in [1.82, 2.24) is 4.90 Å². The van der Waals surface area contributed by atoms with Gasteiger partial charge in [-0.3, -0.25) is 4.79 Å². The van der Waals surface area contributed by atoms with E-state index in [2.05, 4.69) is 12.1 Å². The van der Waals surface area contributed by atoms with Gasteiger partial charge in [0.2, 0.25) is 5.91 Å². The van der Waals surface area contributed by atoms with E-state index >= 15 is 0 Å². The summed E-state index contributed by atoms with van der Waals surface area (Å²) < 4.78 is 5.84. The van der Waals surface area contributed by atoms with Gasteiger partial charge in [0, 0.05) is 31.4 Å². The van der Waals surface area contributed by atoms with Gasteiger partial charge >= 0.3 is 0 Å². The van der Waals surface area contributed by atoms with E-state index in [-0.39, 0.29) is 24.4 Å². The van der Waals surface area contributed by atoms with Gasteiger partial charge in [-0.05, 0) is 24.8 Å². The molecule has 0 aromatic heterocycles. The Bertz CT molecular complexity index is 628. The first kappa shape index (κ1) is 19.3. The molecule has 0 aliphatic heterocycles. The van der Waals surface area contributed by atoms with E-state index in [1.54, 1.807) is 11.9 Å². The van der Waals surface area contributed by atoms with Crippen molar-refractivity contribution in [2.24, 2.45) is 5.73 Å². The van der Waals surface area contributed by atoms with E-state index in [0.717, 1.165) is 16.5 Å². The molecule has 0 fully saturated rings. The standard InChI is InChI=1S/C18H24N2O2.ClH/c1-14(13-19)20(2)18(21)11-6-12-22-17-10-5-8-15-7-3-4-9-16(15)17;/h3-5,7-10,14H,6,11-13,19H2,1-2H3;1H. The first-order valence-corrected chi connectivity index (χ1v) is 7.69. The van der Waals surface area contributed by atoms with Gasteiger partial charge in [0.25, 0.3) is 0 Å². The van der Waals surface area contributed by atoms with Crippen LogP contribution in [0.15, 0.2) is 42.5 Å². The van der Waals surface area contributed by atoms with Crippen LogP contribution in [0.5, 0.6) is 5.75 Å². The van der Waals surface area contributed by atoms with Crippen LogP contribution in [0.25, 0.3) is 10.8 Å². The number of benzene rings is 2. The van der Waals surface area contributed by atoms with Crippen LogP contribution in [0.4, 0.5) is 0 Å². The largest absolute Gasteiger partial charge is 0.493 e. The summed E-state index contributed by atoms with van der Waals surface area (Å²) >= 11 is 0. The zero-order valence-corrected chi connectivity index (χ0v) is 14.5. The Morgan fingerprint density at radius 3 is 2.65 bits per heavy atom. The minimum Gasteiger partial charge on any atom is -0.493 e. The quantitative estimate of drug-likeness (QED) is 0.790. The summed E-state index contributed by atoms with van der Waals surface area (Å²) in [6, 6.07) is 14.2. The Hall–Kier alpha value is -1.78. The summed E-state index contributed by atoms with van der Waals surface area (Å²) in [6.45, 7) is 2.96. The third-order valence-corrected chi connectivity index (χ3v) is 3.94. The van der Waals surface area contributed by atoms with Gasteiger partial charge < -0.3 is 15.4 Å². The van der Waals surface area contributed by atoms with Gasteiger partial charge in [-0.1, -0.05) is 36.4 Å². The summed E-state index contributed by atoms with van der Waals surface area (Å²) in [5.74, 6) is 0.980. The Labute approximate surface area is 144 Å². The molecule has 0 heterocycles. The van der Waals surface area contributed by atoms with E-state index in [1.165, 1.54) is 0 Å². The zero-order chi connectivity index (χ0) is 15.9. The molecular formula is C18H25ClN2O2. The molecule has 0 radical (unpaired) electrons. The van der Waals surface area contributed by atoms with Crippen molar-refractivity contribution in [2.45, 2.75) is 25.8 Å². The minimum atomic E-state index is 0. The predicted octanol–water partition coefficient (Wildman–Crippen LogP) is 3.23. The predicted molar refractivity (Wildman–Crippen MR) is 97.2 cm³/mol. The number of halogens is 1. The van der Waals surface area contributed by atoms with Crippen LogP contribution < -0.4 is 10.5 Å². The van der Waals surface area contributed by atoms with Crippen LogP contribution in [0, 0.1) is 0 Å². The Balaban J connectivity index is 0.00000264. The van der Waals surface area contributed by atoms with Crippen LogP contribution in [0.3, 0.4) is 0 Å². The molecule has 0 spiro atoms. The third kappa shape index (κ3) is 5.12. The zero-order valence-electron chi connectivity index (χ0n) is 13.7. The fourth-order valence-corrected chi connectivity index (χ4v) is 2.31. The van der Waals surface area contributed by atoms with Gasteiger partial charge in [0.15, 0.2) is 0 Å². The molecule has 2 N–H and O–H groups in total. The van der Waals surface area contributed by atoms with Crippen LogP contribution >= 0.6 is 12.4 Å². The monoisotopic (exact) mass is 336 g/mol. The van der Waals surface area contributed by atoms with Crippen molar-refractivity contribution in [3.8, 4) is 5.75 Å². The maximum atomic E-state index is 12.0. The Morgan fingerprint density at radius 1 is 1.22 bits per heavy atom. The summed E-state index contributed by atoms with van der Waals surface area (Å²) in [6.07, 6.45) is 1.18. The number of nitrogens with two attached hydrogens (primary N) is 1. The van der Waals surface area contributed by atoms with Crippen LogP contribution in [0.1, 0.15) is 19.8 Å². The number of nitrogens with zero attached hydrogens (tertiary/aromatic N) is 1. The Morgan fingerprint density at radius 2 is 1.91 bits per heavy atom. The van der Waals surface area contributed by atoms with Gasteiger partial charge in [0.1, 0.15) is 5.75 Å². The molecule has 2 aromatic carbocycles. The molecule has 5 heteroatoms. The molecule has 1 unspecified atom stereocenters. The number of carbonyl (C=O) groups is 1. The number of amides is 1. The molecule has 1 amide bonds. The van der Waals surface area contributed by atoms with Crippen LogP contribution in [0.2, 0.25) is 0 Å². The second-order valence-corrected chi connectivity index (χ2v) is 5.52. The maximum Gasteiger partial charge on any atom is 0.222 e. The molecule has 2 rings (SSSR count). The number of ether oxygens (including phenoxy) is 1. The highest BCUT2D eigenvalue weighted by Crippen LogP contribution is 2.25. The molecule has 2 aromatic rings. The number of hydrogen-bond acceptors (Lipinski definition) is 3. The van der Waals surface area contributed by atoms with Crippen LogP contribution in [-0.4, -0.2) is 37.0 Å². The average molecular weight is 337 g/mol. The van der Waals surface area contributed by atoms with Gasteiger partial charge in [-0.15, -0.1) is 12.4 Å². The van der Waals surface area contributed by atoms with E-state index in [4.69, 9.17) is 10.5 Å². The first-order chi connectivity index (χ1) is 10.6. The lowest BCUT2D eigenvalue weighted by Crippen LogP contribution is -2.39. The number of rotatable bonds is 7. The highest BCUT2D eigenvalue weighted by atomic mass is 35.5. The molecule has 0 bridgehead atoms. The van der Waals surface area contributed by atoms with Crippen molar-refractivity contribution in [3.63, 3.8) is 0 Å². The lowest BCUT2D eigenvalue weighted by molar-refractivity contribution is -0.131. The Kier molecular flexibility index (Phi) is 7.86. The molecule has 126 valence electrons. The summed E-state index contributed by atoms with van der Waals surface area (Å²) in [7, 11) is 1.80. The van der Waals surface area contributed by atoms with Crippen molar-refractivity contribution in [1.29, 1.82) is 0 Å². The van der Waals surface area contributed by atoms with Gasteiger partial charge in [-0.2, -0.15) is 0 Å². The molecule has 0 saturated carbocycles. The highest BCUT2D eigenvalue weighted by Gasteiger charge is 2.13. The second-order valence-electron chi connectivity index (χ2n) is 5.52. The second kappa shape index (κ2) is 9.38. The number of fused-ring (bicyclic) bond motifs is 1. The molecule has 1 atom stereocenters. The van der Waals surface area contributed by atoms with E-state index in [9.17, 15) is 4.79 Å². The van der Waals surface area contributed by atoms with E-state index in [1.807, 2.05) is 37.3 Å². The third-order valence-electron chi connectivity index (χ3n) is 3.94. The molecule has 23 heavy (non-hydrogen) atoms. The smallest absolute Gasteiger partial charge is 0.222 e. The van der Waals surface area contributed by atoms with Gasteiger partial charge in [0.05, 0.1) is 6.61 Å². The number of hydrogen-bond donors (Lipinski definition) is 1. The lowest BCUT2D eigenvalue weighted by atomic mass is 10.1. The summed E-state index contributed by atoms with van der Waals surface area (Å²) in [4.78, 5) is 13.7. The lowest BCUT2D eigenvalue weighted by Gasteiger charge is -2.23. The van der Waals surface area contributed by atoms with Crippen molar-refractivity contribution in [2.75, 3.05) is 20.2 Å². The van der Waals surface area contributed by atoms with Crippen molar-refractivity contribution >= 4 is 29.1 Å². The first-order valence-electron chi connectivity index (χ1n) is 7.69. The maximum absolute atomic E-state index is 12.0. The van der Waals surface area contributed by atoms with E-state index < -0.39 is 0 Å². The molecule has 0 aliphatic rings. The summed E-state index contributed by atoms with van der Waals surface area (Å²) in [5.41, 5.74) is 5.58. The van der Waals surface area contributed by atoms with Gasteiger partial charge in [-0.25, -0.2) is 0 Å². The fraction of sp³-hybridized carbons (Fsp3) is 0.389. The molecule has 4 nitrogen and oxygen atoms in total. The van der Waals surface area contributed by atoms with Crippen molar-refractivity contribution in [3.05, 3.63) is 42.5 Å².